The van der Waals surface area contributed by atoms with Crippen LogP contribution < -0.4 is 4.72 Å². The van der Waals surface area contributed by atoms with Gasteiger partial charge in [-0.05, 0) is 18.6 Å². The number of alkyl halides is 3. The van der Waals surface area contributed by atoms with Gasteiger partial charge in [-0.1, -0.05) is 17.3 Å². The van der Waals surface area contributed by atoms with Crippen molar-refractivity contribution in [2.24, 2.45) is 0 Å². The zero-order valence-corrected chi connectivity index (χ0v) is 15.2. The quantitative estimate of drug-likeness (QED) is 0.820. The van der Waals surface area contributed by atoms with Gasteiger partial charge in [-0.2, -0.15) is 13.2 Å². The number of sulfonamides is 1. The number of nitrogens with zero attached hydrogens (tertiary/aromatic N) is 1. The van der Waals surface area contributed by atoms with Gasteiger partial charge >= 0.3 is 6.18 Å². The largest absolute Gasteiger partial charge is 0.452 e. The van der Waals surface area contributed by atoms with E-state index < -0.39 is 34.1 Å². The lowest BCUT2D eigenvalue weighted by Crippen LogP contribution is -2.43. The minimum absolute atomic E-state index is 0.0710. The molecule has 27 heavy (non-hydrogen) atoms. The van der Waals surface area contributed by atoms with Crippen molar-refractivity contribution in [3.8, 4) is 11.3 Å². The topological polar surface area (TPSA) is 90.7 Å². The number of nitrogens with one attached hydrogen (secondary N) is 1. The predicted molar refractivity (Wildman–Crippen MR) is 87.4 cm³/mol. The normalized spacial score (nSPS) is 20.9. The molecule has 1 aliphatic heterocycles. The lowest BCUT2D eigenvalue weighted by Gasteiger charge is -2.18. The molecule has 0 unspecified atom stereocenters. The van der Waals surface area contributed by atoms with Crippen LogP contribution in [0.1, 0.15) is 11.3 Å². The summed E-state index contributed by atoms with van der Waals surface area (Å²) in [5, 5.41) is 3.38. The van der Waals surface area contributed by atoms with E-state index in [9.17, 15) is 21.6 Å². The van der Waals surface area contributed by atoms with Gasteiger partial charge in [0.25, 0.3) is 0 Å². The van der Waals surface area contributed by atoms with Crippen LogP contribution in [0.25, 0.3) is 11.3 Å². The van der Waals surface area contributed by atoms with Crippen molar-refractivity contribution in [1.82, 2.24) is 9.88 Å². The number of halogens is 3. The highest BCUT2D eigenvalue weighted by Crippen LogP contribution is 2.33. The van der Waals surface area contributed by atoms with E-state index in [0.717, 1.165) is 6.07 Å². The van der Waals surface area contributed by atoms with Gasteiger partial charge in [-0.3, -0.25) is 0 Å². The number of methoxy groups -OCH3 is 1. The van der Waals surface area contributed by atoms with E-state index in [1.165, 1.54) is 25.3 Å². The molecule has 0 spiro atoms. The standard InChI is InChI=1S/C16H17F3N2O5S/c1-9-3-4-10(11-6-15(26-20-11)16(17,18)19)5-14(9)27(22,23)21-12-7-25-8-13(12)24-2/h3-6,12-13,21H,7-8H2,1-2H3/t12-,13-/m0/s1. The van der Waals surface area contributed by atoms with Crippen LogP contribution in [-0.4, -0.2) is 46.0 Å². The Bertz CT molecular complexity index is 926. The van der Waals surface area contributed by atoms with Gasteiger partial charge in [0.15, 0.2) is 0 Å². The van der Waals surface area contributed by atoms with E-state index >= 15 is 0 Å². The van der Waals surface area contributed by atoms with Crippen LogP contribution in [0, 0.1) is 6.92 Å². The van der Waals surface area contributed by atoms with Crippen molar-refractivity contribution >= 4 is 10.0 Å². The predicted octanol–water partition coefficient (Wildman–Crippen LogP) is 2.36. The summed E-state index contributed by atoms with van der Waals surface area (Å²) in [7, 11) is -2.51. The van der Waals surface area contributed by atoms with Crippen molar-refractivity contribution in [2.45, 2.75) is 30.1 Å². The molecule has 11 heteroatoms. The fourth-order valence-corrected chi connectivity index (χ4v) is 4.25. The Labute approximate surface area is 153 Å². The van der Waals surface area contributed by atoms with Gasteiger partial charge < -0.3 is 14.0 Å². The Balaban J connectivity index is 1.92. The first-order chi connectivity index (χ1) is 12.6. The summed E-state index contributed by atoms with van der Waals surface area (Å²) in [5.41, 5.74) is 0.502. The van der Waals surface area contributed by atoms with E-state index in [1.807, 2.05) is 0 Å². The summed E-state index contributed by atoms with van der Waals surface area (Å²) >= 11 is 0. The third kappa shape index (κ3) is 4.15. The summed E-state index contributed by atoms with van der Waals surface area (Å²) in [6, 6.07) is 4.38. The highest BCUT2D eigenvalue weighted by atomic mass is 32.2. The summed E-state index contributed by atoms with van der Waals surface area (Å²) in [4.78, 5) is -0.0710. The molecule has 0 amide bonds. The first kappa shape index (κ1) is 19.8. The fraction of sp³-hybridized carbons (Fsp3) is 0.438. The number of hydrogen-bond donors (Lipinski definition) is 1. The molecular formula is C16H17F3N2O5S. The average molecular weight is 406 g/mol. The summed E-state index contributed by atoms with van der Waals surface area (Å²) in [6.45, 7) is 2.01. The second kappa shape index (κ2) is 7.23. The zero-order valence-electron chi connectivity index (χ0n) is 14.4. The van der Waals surface area contributed by atoms with Crippen LogP contribution in [0.15, 0.2) is 33.7 Å². The Morgan fingerprint density at radius 3 is 2.63 bits per heavy atom. The SMILES string of the molecule is CO[C@H]1COC[C@@H]1NS(=O)(=O)c1cc(-c2cc(C(F)(F)F)on2)ccc1C. The van der Waals surface area contributed by atoms with Gasteiger partial charge in [0, 0.05) is 18.7 Å². The molecule has 1 aliphatic rings. The van der Waals surface area contributed by atoms with Crippen LogP contribution in [0.2, 0.25) is 0 Å². The molecule has 7 nitrogen and oxygen atoms in total. The third-order valence-corrected chi connectivity index (χ3v) is 5.83. The number of rotatable bonds is 5. The number of aryl methyl sites for hydroxylation is 1. The van der Waals surface area contributed by atoms with Gasteiger partial charge in [0.05, 0.1) is 30.3 Å². The lowest BCUT2D eigenvalue weighted by molar-refractivity contribution is -0.155. The van der Waals surface area contributed by atoms with Gasteiger partial charge in [0.2, 0.25) is 15.8 Å². The molecule has 1 saturated heterocycles. The van der Waals surface area contributed by atoms with E-state index in [-0.39, 0.29) is 29.4 Å². The van der Waals surface area contributed by atoms with Crippen LogP contribution in [-0.2, 0) is 25.7 Å². The molecular weight excluding hydrogens is 389 g/mol. The first-order valence-corrected chi connectivity index (χ1v) is 9.38. The van der Waals surface area contributed by atoms with Crippen LogP contribution in [0.5, 0.6) is 0 Å². The number of benzene rings is 1. The summed E-state index contributed by atoms with van der Waals surface area (Å²) in [6.07, 6.45) is -5.10. The minimum Gasteiger partial charge on any atom is -0.377 e. The molecule has 1 fully saturated rings. The molecule has 0 saturated carbocycles. The van der Waals surface area contributed by atoms with E-state index in [2.05, 4.69) is 14.4 Å². The van der Waals surface area contributed by atoms with Crippen LogP contribution in [0.4, 0.5) is 13.2 Å². The maximum absolute atomic E-state index is 12.8. The second-order valence-electron chi connectivity index (χ2n) is 6.09. The molecule has 2 aromatic rings. The van der Waals surface area contributed by atoms with Crippen molar-refractivity contribution in [3.05, 3.63) is 35.6 Å². The molecule has 1 aromatic carbocycles. The van der Waals surface area contributed by atoms with Crippen molar-refractivity contribution in [1.29, 1.82) is 0 Å². The molecule has 0 bridgehead atoms. The smallest absolute Gasteiger partial charge is 0.377 e. The number of hydrogen-bond acceptors (Lipinski definition) is 6. The molecule has 2 heterocycles. The Hall–Kier alpha value is -1.95. The molecule has 0 aliphatic carbocycles. The maximum Gasteiger partial charge on any atom is 0.452 e. The van der Waals surface area contributed by atoms with Gasteiger partial charge in [-0.15, -0.1) is 0 Å². The second-order valence-corrected chi connectivity index (χ2v) is 7.78. The molecule has 148 valence electrons. The van der Waals surface area contributed by atoms with Gasteiger partial charge in [-0.25, -0.2) is 13.1 Å². The Morgan fingerprint density at radius 2 is 2.00 bits per heavy atom. The maximum atomic E-state index is 12.8. The van der Waals surface area contributed by atoms with Crippen molar-refractivity contribution in [2.75, 3.05) is 20.3 Å². The fourth-order valence-electron chi connectivity index (χ4n) is 2.73. The number of ether oxygens (including phenoxy) is 2. The molecule has 0 radical (unpaired) electrons. The molecule has 1 aromatic heterocycles. The average Bonchev–Trinajstić information content (AvgIpc) is 3.23. The first-order valence-electron chi connectivity index (χ1n) is 7.89. The molecule has 2 atom stereocenters. The third-order valence-electron chi connectivity index (χ3n) is 4.20. The Morgan fingerprint density at radius 1 is 1.26 bits per heavy atom. The van der Waals surface area contributed by atoms with E-state index in [1.54, 1.807) is 6.92 Å². The monoisotopic (exact) mass is 406 g/mol. The molecule has 1 N–H and O–H groups in total. The minimum atomic E-state index is -4.68. The molecule has 3 rings (SSSR count). The van der Waals surface area contributed by atoms with E-state index in [4.69, 9.17) is 9.47 Å². The summed E-state index contributed by atoms with van der Waals surface area (Å²) < 4.78 is 80.8. The van der Waals surface area contributed by atoms with E-state index in [0.29, 0.717) is 5.56 Å². The van der Waals surface area contributed by atoms with Crippen molar-refractivity contribution in [3.63, 3.8) is 0 Å². The number of aromatic nitrogens is 1. The zero-order chi connectivity index (χ0) is 19.8. The van der Waals surface area contributed by atoms with Crippen LogP contribution >= 0.6 is 0 Å². The highest BCUT2D eigenvalue weighted by Gasteiger charge is 2.36. The summed E-state index contributed by atoms with van der Waals surface area (Å²) in [5.74, 6) is -1.26. The highest BCUT2D eigenvalue weighted by molar-refractivity contribution is 7.89. The Kier molecular flexibility index (Phi) is 5.30. The lowest BCUT2D eigenvalue weighted by atomic mass is 10.1. The van der Waals surface area contributed by atoms with Crippen molar-refractivity contribution < 1.29 is 35.6 Å². The van der Waals surface area contributed by atoms with Gasteiger partial charge in [0.1, 0.15) is 5.69 Å². The van der Waals surface area contributed by atoms with Crippen LogP contribution in [0.3, 0.4) is 0 Å².